The molecule has 2 unspecified atom stereocenters. The first-order valence-electron chi connectivity index (χ1n) is 6.62. The SMILES string of the molecule is CNCC1CCCOC1c1ccccc1OC(F)(F)F. The molecule has 1 aromatic rings. The molecular formula is C14H18F3NO2. The molecule has 2 rings (SSSR count). The Morgan fingerprint density at radius 1 is 1.35 bits per heavy atom. The van der Waals surface area contributed by atoms with Crippen molar-refractivity contribution in [1.29, 1.82) is 0 Å². The van der Waals surface area contributed by atoms with Gasteiger partial charge in [-0.1, -0.05) is 18.2 Å². The second-order valence-electron chi connectivity index (χ2n) is 4.84. The molecule has 1 aliphatic heterocycles. The van der Waals surface area contributed by atoms with Gasteiger partial charge in [0.15, 0.2) is 0 Å². The average molecular weight is 289 g/mol. The van der Waals surface area contributed by atoms with Crippen molar-refractivity contribution in [3.63, 3.8) is 0 Å². The van der Waals surface area contributed by atoms with Crippen LogP contribution in [0.1, 0.15) is 24.5 Å². The summed E-state index contributed by atoms with van der Waals surface area (Å²) in [5.41, 5.74) is 0.463. The zero-order chi connectivity index (χ0) is 14.6. The third kappa shape index (κ3) is 3.86. The Bertz CT molecular complexity index is 435. The van der Waals surface area contributed by atoms with Crippen LogP contribution in [-0.2, 0) is 4.74 Å². The summed E-state index contributed by atoms with van der Waals surface area (Å²) in [6.07, 6.45) is -3.21. The Balaban J connectivity index is 2.25. The fourth-order valence-corrected chi connectivity index (χ4v) is 2.59. The number of para-hydroxylation sites is 1. The lowest BCUT2D eigenvalue weighted by molar-refractivity contribution is -0.275. The Labute approximate surface area is 116 Å². The van der Waals surface area contributed by atoms with Crippen molar-refractivity contribution in [2.24, 2.45) is 5.92 Å². The van der Waals surface area contributed by atoms with Gasteiger partial charge < -0.3 is 14.8 Å². The largest absolute Gasteiger partial charge is 0.573 e. The van der Waals surface area contributed by atoms with E-state index in [9.17, 15) is 13.2 Å². The molecule has 1 aromatic carbocycles. The Kier molecular flexibility index (Phi) is 4.88. The number of halogens is 3. The first kappa shape index (κ1) is 15.1. The number of alkyl halides is 3. The molecule has 0 bridgehead atoms. The molecule has 20 heavy (non-hydrogen) atoms. The summed E-state index contributed by atoms with van der Waals surface area (Å²) in [7, 11) is 1.82. The lowest BCUT2D eigenvalue weighted by atomic mass is 9.89. The van der Waals surface area contributed by atoms with Gasteiger partial charge in [0.25, 0.3) is 0 Å². The van der Waals surface area contributed by atoms with Gasteiger partial charge in [-0.3, -0.25) is 0 Å². The molecule has 1 aliphatic rings. The summed E-state index contributed by atoms with van der Waals surface area (Å²) >= 11 is 0. The van der Waals surface area contributed by atoms with Crippen LogP contribution in [0.2, 0.25) is 0 Å². The number of ether oxygens (including phenoxy) is 2. The van der Waals surface area contributed by atoms with E-state index >= 15 is 0 Å². The molecule has 0 aliphatic carbocycles. The summed E-state index contributed by atoms with van der Waals surface area (Å²) in [4.78, 5) is 0. The molecule has 1 fully saturated rings. The Morgan fingerprint density at radius 2 is 2.10 bits per heavy atom. The van der Waals surface area contributed by atoms with Crippen molar-refractivity contribution < 1.29 is 22.6 Å². The lowest BCUT2D eigenvalue weighted by Crippen LogP contribution is -2.31. The number of rotatable bonds is 4. The fourth-order valence-electron chi connectivity index (χ4n) is 2.59. The Hall–Kier alpha value is -1.27. The van der Waals surface area contributed by atoms with Crippen LogP contribution in [0.3, 0.4) is 0 Å². The van der Waals surface area contributed by atoms with Crippen LogP contribution >= 0.6 is 0 Å². The molecule has 1 heterocycles. The van der Waals surface area contributed by atoms with Crippen LogP contribution < -0.4 is 10.1 Å². The van der Waals surface area contributed by atoms with Crippen LogP contribution in [-0.4, -0.2) is 26.6 Å². The molecule has 1 saturated heterocycles. The van der Waals surface area contributed by atoms with Crippen molar-refractivity contribution in [2.45, 2.75) is 25.3 Å². The molecule has 0 saturated carbocycles. The van der Waals surface area contributed by atoms with Gasteiger partial charge >= 0.3 is 6.36 Å². The lowest BCUT2D eigenvalue weighted by Gasteiger charge is -2.33. The highest BCUT2D eigenvalue weighted by atomic mass is 19.4. The van der Waals surface area contributed by atoms with Crippen LogP contribution in [0.4, 0.5) is 13.2 Å². The first-order valence-corrected chi connectivity index (χ1v) is 6.62. The molecule has 112 valence electrons. The van der Waals surface area contributed by atoms with E-state index in [0.29, 0.717) is 18.7 Å². The predicted molar refractivity (Wildman–Crippen MR) is 68.5 cm³/mol. The van der Waals surface area contributed by atoms with Crippen LogP contribution in [0.5, 0.6) is 5.75 Å². The molecule has 1 N–H and O–H groups in total. The normalized spacial score (nSPS) is 23.6. The highest BCUT2D eigenvalue weighted by molar-refractivity contribution is 5.36. The fraction of sp³-hybridized carbons (Fsp3) is 0.571. The molecule has 0 spiro atoms. The smallest absolute Gasteiger partial charge is 0.405 e. The maximum absolute atomic E-state index is 12.5. The summed E-state index contributed by atoms with van der Waals surface area (Å²) in [6, 6.07) is 6.20. The minimum atomic E-state index is -4.69. The van der Waals surface area contributed by atoms with E-state index in [1.165, 1.54) is 12.1 Å². The van der Waals surface area contributed by atoms with Gasteiger partial charge in [0.05, 0.1) is 6.10 Å². The Morgan fingerprint density at radius 3 is 2.80 bits per heavy atom. The molecule has 3 nitrogen and oxygen atoms in total. The minimum absolute atomic E-state index is 0.145. The molecule has 0 amide bonds. The van der Waals surface area contributed by atoms with Crippen molar-refractivity contribution in [3.05, 3.63) is 29.8 Å². The standard InChI is InChI=1S/C14H18F3NO2/c1-18-9-10-5-4-8-19-13(10)11-6-2-3-7-12(11)20-14(15,16)17/h2-3,6-7,10,13,18H,4-5,8-9H2,1H3. The molecule has 6 heteroatoms. The quantitative estimate of drug-likeness (QED) is 0.922. The van der Waals surface area contributed by atoms with Crippen molar-refractivity contribution in [1.82, 2.24) is 5.32 Å². The minimum Gasteiger partial charge on any atom is -0.405 e. The van der Waals surface area contributed by atoms with Gasteiger partial charge in [0.2, 0.25) is 0 Å². The average Bonchev–Trinajstić information content (AvgIpc) is 2.39. The van der Waals surface area contributed by atoms with E-state index in [2.05, 4.69) is 10.1 Å². The van der Waals surface area contributed by atoms with Crippen LogP contribution in [0.15, 0.2) is 24.3 Å². The molecule has 0 aromatic heterocycles. The van der Waals surface area contributed by atoms with Gasteiger partial charge in [-0.15, -0.1) is 13.2 Å². The summed E-state index contributed by atoms with van der Waals surface area (Å²) in [5, 5.41) is 3.06. The zero-order valence-corrected chi connectivity index (χ0v) is 11.2. The topological polar surface area (TPSA) is 30.5 Å². The van der Waals surface area contributed by atoms with Crippen LogP contribution in [0, 0.1) is 5.92 Å². The zero-order valence-electron chi connectivity index (χ0n) is 11.2. The van der Waals surface area contributed by atoms with Crippen molar-refractivity contribution in [2.75, 3.05) is 20.2 Å². The van der Waals surface area contributed by atoms with Gasteiger partial charge in [-0.05, 0) is 26.0 Å². The van der Waals surface area contributed by atoms with Gasteiger partial charge in [0, 0.05) is 24.6 Å². The third-order valence-corrected chi connectivity index (χ3v) is 3.36. The number of hydrogen-bond donors (Lipinski definition) is 1. The maximum atomic E-state index is 12.5. The van der Waals surface area contributed by atoms with Gasteiger partial charge in [0.1, 0.15) is 5.75 Å². The highest BCUT2D eigenvalue weighted by Crippen LogP contribution is 2.39. The van der Waals surface area contributed by atoms with E-state index < -0.39 is 6.36 Å². The molecule has 2 atom stereocenters. The van der Waals surface area contributed by atoms with E-state index in [4.69, 9.17) is 4.74 Å². The second kappa shape index (κ2) is 6.45. The predicted octanol–water partition coefficient (Wildman–Crippen LogP) is 3.27. The van der Waals surface area contributed by atoms with Crippen molar-refractivity contribution >= 4 is 0 Å². The monoisotopic (exact) mass is 289 g/mol. The first-order chi connectivity index (χ1) is 9.51. The third-order valence-electron chi connectivity index (χ3n) is 3.36. The number of nitrogens with one attached hydrogen (secondary N) is 1. The number of hydrogen-bond acceptors (Lipinski definition) is 3. The van der Waals surface area contributed by atoms with E-state index in [1.807, 2.05) is 7.05 Å². The van der Waals surface area contributed by atoms with E-state index in [-0.39, 0.29) is 17.8 Å². The number of benzene rings is 1. The van der Waals surface area contributed by atoms with Crippen LogP contribution in [0.25, 0.3) is 0 Å². The highest BCUT2D eigenvalue weighted by Gasteiger charge is 2.35. The molecular weight excluding hydrogens is 271 g/mol. The maximum Gasteiger partial charge on any atom is 0.573 e. The van der Waals surface area contributed by atoms with E-state index in [1.54, 1.807) is 12.1 Å². The van der Waals surface area contributed by atoms with Gasteiger partial charge in [-0.25, -0.2) is 0 Å². The van der Waals surface area contributed by atoms with Gasteiger partial charge in [-0.2, -0.15) is 0 Å². The summed E-state index contributed by atoms with van der Waals surface area (Å²) in [6.45, 7) is 1.26. The van der Waals surface area contributed by atoms with Crippen molar-refractivity contribution in [3.8, 4) is 5.75 Å². The second-order valence-corrected chi connectivity index (χ2v) is 4.84. The molecule has 0 radical (unpaired) electrons. The summed E-state index contributed by atoms with van der Waals surface area (Å²) in [5.74, 6) is -0.0280. The summed E-state index contributed by atoms with van der Waals surface area (Å²) < 4.78 is 47.2. The van der Waals surface area contributed by atoms with E-state index in [0.717, 1.165) is 12.8 Å².